The van der Waals surface area contributed by atoms with Gasteiger partial charge >= 0.3 is 0 Å². The van der Waals surface area contributed by atoms with E-state index in [-0.39, 0.29) is 5.91 Å². The van der Waals surface area contributed by atoms with Crippen molar-refractivity contribution in [3.05, 3.63) is 29.5 Å². The van der Waals surface area contributed by atoms with E-state index >= 15 is 0 Å². The number of nitrogens with one attached hydrogen (secondary N) is 2. The summed E-state index contributed by atoms with van der Waals surface area (Å²) in [6.45, 7) is 6.05. The van der Waals surface area contributed by atoms with Crippen molar-refractivity contribution in [2.24, 2.45) is 5.92 Å². The minimum absolute atomic E-state index is 0.0626. The molecule has 118 valence electrons. The van der Waals surface area contributed by atoms with Crippen LogP contribution in [0, 0.1) is 12.8 Å². The molecule has 2 aromatic rings. The molecule has 0 saturated carbocycles. The van der Waals surface area contributed by atoms with Gasteiger partial charge in [-0.1, -0.05) is 0 Å². The number of carbonyl (C=O) groups is 1. The predicted octanol–water partition coefficient (Wildman–Crippen LogP) is 0.940. The summed E-state index contributed by atoms with van der Waals surface area (Å²) in [6, 6.07) is 3.77. The third-order valence-corrected chi connectivity index (χ3v) is 4.15. The highest BCUT2D eigenvalue weighted by Crippen LogP contribution is 2.21. The predicted molar refractivity (Wildman–Crippen MR) is 85.0 cm³/mol. The minimum atomic E-state index is -0.0626. The molecule has 0 radical (unpaired) electrons. The van der Waals surface area contributed by atoms with Gasteiger partial charge in [0.2, 0.25) is 0 Å². The maximum absolute atomic E-state index is 12.2. The summed E-state index contributed by atoms with van der Waals surface area (Å²) in [7, 11) is 1.62. The average molecular weight is 302 g/mol. The van der Waals surface area contributed by atoms with E-state index in [1.165, 1.54) is 0 Å². The monoisotopic (exact) mass is 302 g/mol. The van der Waals surface area contributed by atoms with Gasteiger partial charge in [-0.15, -0.1) is 0 Å². The number of amides is 1. The Hall–Kier alpha value is -1.92. The Balaban J connectivity index is 1.80. The molecule has 3 rings (SSSR count). The lowest BCUT2D eigenvalue weighted by molar-refractivity contribution is 0.0936. The molecule has 2 N–H and O–H groups in total. The zero-order valence-electron chi connectivity index (χ0n) is 13.1. The van der Waals surface area contributed by atoms with Gasteiger partial charge in [0.05, 0.1) is 12.1 Å². The molecule has 6 nitrogen and oxygen atoms in total. The smallest absolute Gasteiger partial charge is 0.251 e. The number of aromatic nitrogens is 2. The summed E-state index contributed by atoms with van der Waals surface area (Å²) in [5.41, 5.74) is 2.62. The second-order valence-electron chi connectivity index (χ2n) is 5.80. The Labute approximate surface area is 129 Å². The summed E-state index contributed by atoms with van der Waals surface area (Å²) >= 11 is 0. The molecular formula is C16H22N4O2. The summed E-state index contributed by atoms with van der Waals surface area (Å²) < 4.78 is 6.95. The fraction of sp³-hybridized carbons (Fsp3) is 0.500. The molecule has 0 bridgehead atoms. The number of ether oxygens (including phenoxy) is 1. The van der Waals surface area contributed by atoms with Crippen molar-refractivity contribution in [1.82, 2.24) is 20.4 Å². The molecular weight excluding hydrogens is 280 g/mol. The van der Waals surface area contributed by atoms with Gasteiger partial charge in [0, 0.05) is 56.4 Å². The van der Waals surface area contributed by atoms with E-state index in [4.69, 9.17) is 4.74 Å². The van der Waals surface area contributed by atoms with Gasteiger partial charge in [0.1, 0.15) is 0 Å². The number of aryl methyl sites for hydroxylation is 1. The van der Waals surface area contributed by atoms with Gasteiger partial charge in [0.15, 0.2) is 0 Å². The van der Waals surface area contributed by atoms with Crippen LogP contribution in [0.4, 0.5) is 0 Å². The first-order valence-electron chi connectivity index (χ1n) is 7.63. The highest BCUT2D eigenvalue weighted by atomic mass is 16.5. The van der Waals surface area contributed by atoms with Crippen molar-refractivity contribution in [3.63, 3.8) is 0 Å². The van der Waals surface area contributed by atoms with Crippen LogP contribution in [0.2, 0.25) is 0 Å². The highest BCUT2D eigenvalue weighted by molar-refractivity contribution is 6.00. The largest absolute Gasteiger partial charge is 0.383 e. The molecule has 1 amide bonds. The van der Waals surface area contributed by atoms with Crippen LogP contribution >= 0.6 is 0 Å². The van der Waals surface area contributed by atoms with Crippen LogP contribution in [0.5, 0.6) is 0 Å². The summed E-state index contributed by atoms with van der Waals surface area (Å²) in [5, 5.41) is 11.8. The highest BCUT2D eigenvalue weighted by Gasteiger charge is 2.18. The Morgan fingerprint density at radius 1 is 1.50 bits per heavy atom. The maximum atomic E-state index is 12.2. The van der Waals surface area contributed by atoms with Crippen LogP contribution < -0.4 is 10.6 Å². The number of hydrogen-bond donors (Lipinski definition) is 2. The van der Waals surface area contributed by atoms with Gasteiger partial charge in [-0.25, -0.2) is 0 Å². The molecule has 0 unspecified atom stereocenters. The average Bonchev–Trinajstić information content (AvgIpc) is 2.87. The van der Waals surface area contributed by atoms with Crippen molar-refractivity contribution < 1.29 is 9.53 Å². The fourth-order valence-electron chi connectivity index (χ4n) is 2.72. The molecule has 6 heteroatoms. The summed E-state index contributed by atoms with van der Waals surface area (Å²) in [4.78, 5) is 12.2. The zero-order chi connectivity index (χ0) is 15.5. The lowest BCUT2D eigenvalue weighted by atomic mass is 10.0. The van der Waals surface area contributed by atoms with Crippen LogP contribution in [0.3, 0.4) is 0 Å². The lowest BCUT2D eigenvalue weighted by Crippen LogP contribution is -2.44. The van der Waals surface area contributed by atoms with Crippen LogP contribution in [0.15, 0.2) is 18.3 Å². The molecule has 2 heterocycles. The van der Waals surface area contributed by atoms with Crippen LogP contribution in [-0.4, -0.2) is 49.0 Å². The van der Waals surface area contributed by atoms with Crippen LogP contribution in [-0.2, 0) is 11.3 Å². The van der Waals surface area contributed by atoms with E-state index < -0.39 is 0 Å². The molecule has 1 saturated heterocycles. The Kier molecular flexibility index (Phi) is 4.40. The number of methoxy groups -OCH3 is 1. The van der Waals surface area contributed by atoms with Gasteiger partial charge in [-0.2, -0.15) is 5.10 Å². The third kappa shape index (κ3) is 2.98. The summed E-state index contributed by atoms with van der Waals surface area (Å²) in [5.74, 6) is 0.596. The Morgan fingerprint density at radius 2 is 2.32 bits per heavy atom. The lowest BCUT2D eigenvalue weighted by Gasteiger charge is -2.26. The number of benzene rings is 1. The molecule has 1 aliphatic rings. The minimum Gasteiger partial charge on any atom is -0.383 e. The van der Waals surface area contributed by atoms with E-state index in [2.05, 4.69) is 21.9 Å². The van der Waals surface area contributed by atoms with Gasteiger partial charge in [0.25, 0.3) is 5.91 Å². The number of hydrogen-bond acceptors (Lipinski definition) is 4. The number of carbonyl (C=O) groups excluding carboxylic acids is 1. The van der Waals surface area contributed by atoms with Crippen molar-refractivity contribution >= 4 is 16.8 Å². The van der Waals surface area contributed by atoms with Crippen LogP contribution in [0.1, 0.15) is 15.9 Å². The van der Waals surface area contributed by atoms with Crippen molar-refractivity contribution in [2.75, 3.05) is 33.4 Å². The number of nitrogens with zero attached hydrogens (tertiary/aromatic N) is 2. The molecule has 1 fully saturated rings. The van der Waals surface area contributed by atoms with Crippen molar-refractivity contribution in [3.8, 4) is 0 Å². The van der Waals surface area contributed by atoms with Gasteiger partial charge < -0.3 is 15.4 Å². The second-order valence-corrected chi connectivity index (χ2v) is 5.80. The fourth-order valence-corrected chi connectivity index (χ4v) is 2.72. The second kappa shape index (κ2) is 6.46. The van der Waals surface area contributed by atoms with Crippen molar-refractivity contribution in [1.29, 1.82) is 0 Å². The van der Waals surface area contributed by atoms with Gasteiger partial charge in [-0.05, 0) is 24.6 Å². The summed E-state index contributed by atoms with van der Waals surface area (Å²) in [6.07, 6.45) is 2.05. The molecule has 1 aromatic carbocycles. The van der Waals surface area contributed by atoms with E-state index in [1.54, 1.807) is 7.11 Å². The first-order chi connectivity index (χ1) is 10.7. The van der Waals surface area contributed by atoms with E-state index in [9.17, 15) is 4.79 Å². The topological polar surface area (TPSA) is 68.2 Å². The first kappa shape index (κ1) is 15.0. The Morgan fingerprint density at radius 3 is 3.00 bits per heavy atom. The molecule has 0 atom stereocenters. The van der Waals surface area contributed by atoms with E-state index in [0.29, 0.717) is 24.6 Å². The number of fused-ring (bicyclic) bond motifs is 1. The normalized spacial score (nSPS) is 15.0. The Bertz CT molecular complexity index is 676. The van der Waals surface area contributed by atoms with Crippen LogP contribution in [0.25, 0.3) is 10.9 Å². The SMILES string of the molecule is COCCNC(=O)c1ccc2nn(CC3CNC3)cc2c1C. The zero-order valence-corrected chi connectivity index (χ0v) is 13.1. The maximum Gasteiger partial charge on any atom is 0.251 e. The molecule has 22 heavy (non-hydrogen) atoms. The van der Waals surface area contributed by atoms with E-state index in [1.807, 2.05) is 23.7 Å². The van der Waals surface area contributed by atoms with Crippen molar-refractivity contribution in [2.45, 2.75) is 13.5 Å². The standard InChI is InChI=1S/C16H22N4O2/c1-11-13(16(21)18-5-6-22-2)3-4-15-14(11)10-20(19-15)9-12-7-17-8-12/h3-4,10,12,17H,5-9H2,1-2H3,(H,18,21). The molecule has 1 aromatic heterocycles. The molecule has 0 spiro atoms. The van der Waals surface area contributed by atoms with E-state index in [0.717, 1.165) is 36.1 Å². The quantitative estimate of drug-likeness (QED) is 0.779. The molecule has 1 aliphatic heterocycles. The first-order valence-corrected chi connectivity index (χ1v) is 7.63. The third-order valence-electron chi connectivity index (χ3n) is 4.15. The van der Waals surface area contributed by atoms with Gasteiger partial charge in [-0.3, -0.25) is 9.48 Å². The number of rotatable bonds is 6. The molecule has 0 aliphatic carbocycles.